The summed E-state index contributed by atoms with van der Waals surface area (Å²) in [5.41, 5.74) is 0.267. The first-order chi connectivity index (χ1) is 21.8. The van der Waals surface area contributed by atoms with Gasteiger partial charge in [-0.1, -0.05) is 51.4 Å². The predicted octanol–water partition coefficient (Wildman–Crippen LogP) is 7.45. The Kier molecular flexibility index (Phi) is 16.5. The molecule has 250 valence electrons. The lowest BCUT2D eigenvalue weighted by atomic mass is 10.0. The number of nitrogens with zero attached hydrogens (tertiary/aromatic N) is 2. The molecule has 0 saturated heterocycles. The van der Waals surface area contributed by atoms with E-state index >= 15 is 0 Å². The van der Waals surface area contributed by atoms with Crippen molar-refractivity contribution in [3.05, 3.63) is 85.0 Å². The molecule has 0 aliphatic rings. The number of ether oxygens (including phenoxy) is 5. The molecule has 1 unspecified atom stereocenters. The van der Waals surface area contributed by atoms with Crippen molar-refractivity contribution >= 4 is 46.2 Å². The molecule has 3 rings (SSSR count). The molecule has 0 radical (unpaired) electrons. The van der Waals surface area contributed by atoms with E-state index < -0.39 is 23.4 Å². The first kappa shape index (κ1) is 39.9. The third-order valence-electron chi connectivity index (χ3n) is 6.40. The van der Waals surface area contributed by atoms with Crippen molar-refractivity contribution in [3.63, 3.8) is 0 Å². The first-order valence-corrected chi connectivity index (χ1v) is 14.4. The van der Waals surface area contributed by atoms with Gasteiger partial charge in [0.25, 0.3) is 0 Å². The lowest BCUT2D eigenvalue weighted by molar-refractivity contribution is -0.139. The van der Waals surface area contributed by atoms with Crippen molar-refractivity contribution in [2.75, 3.05) is 26.6 Å². The largest absolute Gasteiger partial charge is 0.462 e. The highest BCUT2D eigenvalue weighted by molar-refractivity contribution is 6.08. The van der Waals surface area contributed by atoms with Crippen LogP contribution >= 0.6 is 0 Å². The summed E-state index contributed by atoms with van der Waals surface area (Å²) >= 11 is 0. The van der Waals surface area contributed by atoms with Crippen molar-refractivity contribution < 1.29 is 38.1 Å². The topological polar surface area (TPSA) is 134 Å². The zero-order valence-electron chi connectivity index (χ0n) is 26.9. The maximum absolute atomic E-state index is 11.7. The van der Waals surface area contributed by atoms with Crippen LogP contribution in [-0.2, 0) is 28.6 Å². The summed E-state index contributed by atoms with van der Waals surface area (Å²) in [5, 5.41) is 12.8. The zero-order chi connectivity index (χ0) is 34.3. The van der Waals surface area contributed by atoms with Crippen LogP contribution in [0.1, 0.15) is 48.0 Å². The Hall–Kier alpha value is -5.11. The van der Waals surface area contributed by atoms with Crippen LogP contribution in [-0.4, -0.2) is 56.8 Å². The van der Waals surface area contributed by atoms with E-state index in [1.54, 1.807) is 39.8 Å². The lowest BCUT2D eigenvalue weighted by Crippen LogP contribution is -2.21. The zero-order valence-corrected chi connectivity index (χ0v) is 26.9. The normalized spacial score (nSPS) is 11.4. The molecule has 0 aromatic heterocycles. The van der Waals surface area contributed by atoms with Gasteiger partial charge in [-0.3, -0.25) is 4.99 Å². The summed E-state index contributed by atoms with van der Waals surface area (Å²) in [6.45, 7) is 21.7. The molecule has 3 aromatic rings. The number of carbonyl (C=O) groups is 3. The number of fused-ring (bicyclic) bond motifs is 3. The molecule has 47 heavy (non-hydrogen) atoms. The van der Waals surface area contributed by atoms with Gasteiger partial charge >= 0.3 is 17.9 Å². The van der Waals surface area contributed by atoms with Crippen LogP contribution in [0, 0.1) is 11.3 Å². The van der Waals surface area contributed by atoms with E-state index in [4.69, 9.17) is 28.9 Å². The highest BCUT2D eigenvalue weighted by atomic mass is 16.7. The fraction of sp³-hybridized carbons (Fsp3) is 0.324. The van der Waals surface area contributed by atoms with E-state index in [1.165, 1.54) is 0 Å². The van der Waals surface area contributed by atoms with E-state index in [0.717, 1.165) is 21.5 Å². The van der Waals surface area contributed by atoms with E-state index in [-0.39, 0.29) is 14.2 Å². The Morgan fingerprint density at radius 3 is 1.66 bits per heavy atom. The number of hydrogen-bond acceptors (Lipinski definition) is 10. The SMILES string of the molecule is C.C=C(C)C(=O)Oc1ccc2c(ccc3cc(OC(=O)C(=C)C)ccc32)c1.C=NC(C)(C#N)CCOCOCCCOC(=O)C(=C)C. The maximum Gasteiger partial charge on any atom is 0.338 e. The summed E-state index contributed by atoms with van der Waals surface area (Å²) in [5.74, 6) is -0.356. The van der Waals surface area contributed by atoms with Crippen LogP contribution in [0.15, 0.2) is 90.0 Å². The second-order valence-corrected chi connectivity index (χ2v) is 10.7. The van der Waals surface area contributed by atoms with E-state index in [0.29, 0.717) is 60.9 Å². The summed E-state index contributed by atoms with van der Waals surface area (Å²) in [6.07, 6.45) is 1.05. The van der Waals surface area contributed by atoms with Crippen LogP contribution in [0.2, 0.25) is 0 Å². The van der Waals surface area contributed by atoms with Crippen molar-refractivity contribution in [3.8, 4) is 17.6 Å². The van der Waals surface area contributed by atoms with Crippen LogP contribution in [0.3, 0.4) is 0 Å². The second-order valence-electron chi connectivity index (χ2n) is 10.7. The molecular weight excluding hydrogens is 600 g/mol. The van der Waals surface area contributed by atoms with Gasteiger partial charge in [-0.2, -0.15) is 5.26 Å². The van der Waals surface area contributed by atoms with Crippen LogP contribution in [0.5, 0.6) is 11.5 Å². The van der Waals surface area contributed by atoms with E-state index in [9.17, 15) is 14.4 Å². The van der Waals surface area contributed by atoms with Gasteiger partial charge in [0, 0.05) is 29.6 Å². The number of rotatable bonds is 15. The van der Waals surface area contributed by atoms with E-state index in [1.807, 2.05) is 36.4 Å². The molecule has 0 heterocycles. The molecule has 3 aromatic carbocycles. The lowest BCUT2D eigenvalue weighted by Gasteiger charge is -2.15. The van der Waals surface area contributed by atoms with Gasteiger partial charge in [0.1, 0.15) is 23.8 Å². The standard InChI is InChI=1S/C22H18O4.C14H22N2O4.CH4/c1-13(2)21(23)25-17-7-9-19-15(11-17)5-6-16-12-18(8-10-20(16)19)26-22(24)14(3)4;1-12(2)13(17)20-8-5-7-18-11-19-9-6-14(3,10-15)16-4;/h5-12H,1,3H2,2,4H3;1,4-9,11H2,2-3H3;1H4. The van der Waals surface area contributed by atoms with Crippen molar-refractivity contribution in [1.29, 1.82) is 5.26 Å². The molecule has 0 aliphatic heterocycles. The Labute approximate surface area is 276 Å². The number of carbonyl (C=O) groups excluding carboxylic acids is 3. The van der Waals surface area contributed by atoms with Crippen molar-refractivity contribution in [1.82, 2.24) is 0 Å². The van der Waals surface area contributed by atoms with Gasteiger partial charge in [0.15, 0.2) is 0 Å². The number of benzene rings is 3. The first-order valence-electron chi connectivity index (χ1n) is 14.4. The third kappa shape index (κ3) is 13.0. The van der Waals surface area contributed by atoms with Crippen LogP contribution in [0.25, 0.3) is 21.5 Å². The Bertz CT molecular complexity index is 1580. The van der Waals surface area contributed by atoms with Gasteiger partial charge in [-0.15, -0.1) is 0 Å². The number of nitriles is 1. The van der Waals surface area contributed by atoms with Crippen molar-refractivity contribution in [2.24, 2.45) is 4.99 Å². The summed E-state index contributed by atoms with van der Waals surface area (Å²) in [7, 11) is 0. The molecule has 0 amide bonds. The van der Waals surface area contributed by atoms with Gasteiger partial charge in [0.05, 0.1) is 25.9 Å². The van der Waals surface area contributed by atoms with Crippen molar-refractivity contribution in [2.45, 2.75) is 53.5 Å². The van der Waals surface area contributed by atoms with Gasteiger partial charge < -0.3 is 23.7 Å². The monoisotopic (exact) mass is 644 g/mol. The molecule has 0 N–H and O–H groups in total. The molecule has 0 fully saturated rings. The minimum atomic E-state index is -0.809. The second kappa shape index (κ2) is 19.4. The summed E-state index contributed by atoms with van der Waals surface area (Å²) in [6, 6.07) is 16.8. The molecule has 10 heteroatoms. The maximum atomic E-state index is 11.7. The fourth-order valence-corrected chi connectivity index (χ4v) is 3.61. The Balaban J connectivity index is 0.000000479. The summed E-state index contributed by atoms with van der Waals surface area (Å²) < 4.78 is 25.9. The van der Waals surface area contributed by atoms with Crippen LogP contribution in [0.4, 0.5) is 0 Å². The minimum Gasteiger partial charge on any atom is -0.462 e. The molecule has 10 nitrogen and oxygen atoms in total. The molecule has 0 spiro atoms. The Morgan fingerprint density at radius 2 is 1.23 bits per heavy atom. The smallest absolute Gasteiger partial charge is 0.338 e. The quantitative estimate of drug-likeness (QED) is 0.0314. The number of aliphatic imine (C=N–C) groups is 1. The molecule has 1 atom stereocenters. The van der Waals surface area contributed by atoms with Gasteiger partial charge in [-0.05, 0) is 80.2 Å². The summed E-state index contributed by atoms with van der Waals surface area (Å²) in [4.78, 5) is 38.1. The molecule has 0 saturated carbocycles. The average molecular weight is 645 g/mol. The van der Waals surface area contributed by atoms with E-state index in [2.05, 4.69) is 37.5 Å². The third-order valence-corrected chi connectivity index (χ3v) is 6.40. The highest BCUT2D eigenvalue weighted by Crippen LogP contribution is 2.31. The van der Waals surface area contributed by atoms with Crippen LogP contribution < -0.4 is 9.47 Å². The number of hydrogen-bond donors (Lipinski definition) is 0. The highest BCUT2D eigenvalue weighted by Gasteiger charge is 2.20. The average Bonchev–Trinajstić information content (AvgIpc) is 3.03. The fourth-order valence-electron chi connectivity index (χ4n) is 3.61. The molecule has 0 bridgehead atoms. The van der Waals surface area contributed by atoms with Gasteiger partial charge in [-0.25, -0.2) is 14.4 Å². The number of esters is 3. The minimum absolute atomic E-state index is 0. The predicted molar refractivity (Wildman–Crippen MR) is 184 cm³/mol. The Morgan fingerprint density at radius 1 is 0.766 bits per heavy atom. The van der Waals surface area contributed by atoms with Gasteiger partial charge in [0.2, 0.25) is 0 Å². The molecular formula is C37H44N2O8. The molecule has 0 aliphatic carbocycles.